The molecule has 0 spiro atoms. The summed E-state index contributed by atoms with van der Waals surface area (Å²) in [5.41, 5.74) is 3.17. The van der Waals surface area contributed by atoms with Gasteiger partial charge in [0, 0.05) is 0 Å². The van der Waals surface area contributed by atoms with Crippen LogP contribution in [0.25, 0.3) is 0 Å². The topological polar surface area (TPSA) is 179 Å². The van der Waals surface area contributed by atoms with E-state index in [1.165, 1.54) is 5.57 Å². The Morgan fingerprint density at radius 2 is 1.26 bits per heavy atom. The van der Waals surface area contributed by atoms with Gasteiger partial charge in [0.05, 0.1) is 19.8 Å². The Hall–Kier alpha value is -1.74. The molecule has 0 aromatic rings. The first-order valence-corrected chi connectivity index (χ1v) is 12.5. The molecule has 0 aromatic carbocycles. The maximum absolute atomic E-state index is 10.6. The van der Waals surface area contributed by atoms with Crippen LogP contribution >= 0.6 is 0 Å². The van der Waals surface area contributed by atoms with E-state index in [1.54, 1.807) is 6.08 Å². The zero-order valence-electron chi connectivity index (χ0n) is 22.2. The monoisotopic (exact) mass is 542 g/mol. The third-order valence-electron chi connectivity index (χ3n) is 6.13. The van der Waals surface area contributed by atoms with Crippen LogP contribution < -0.4 is 0 Å². The fourth-order valence-corrected chi connectivity index (χ4v) is 3.84. The largest absolute Gasteiger partial charge is 0.394 e. The van der Waals surface area contributed by atoms with Crippen molar-refractivity contribution in [3.05, 3.63) is 59.3 Å². The van der Waals surface area contributed by atoms with Gasteiger partial charge in [0.15, 0.2) is 12.6 Å². The number of aliphatic hydroxyl groups is 7. The summed E-state index contributed by atoms with van der Waals surface area (Å²) in [4.78, 5) is 0. The van der Waals surface area contributed by atoms with Crippen LogP contribution in [-0.2, 0) is 18.9 Å². The van der Waals surface area contributed by atoms with Gasteiger partial charge in [-0.2, -0.15) is 0 Å². The molecule has 2 unspecified atom stereocenters. The van der Waals surface area contributed by atoms with Gasteiger partial charge in [-0.25, -0.2) is 0 Å². The van der Waals surface area contributed by atoms with E-state index in [0.29, 0.717) is 0 Å². The van der Waals surface area contributed by atoms with Crippen LogP contribution in [-0.4, -0.2) is 117 Å². The summed E-state index contributed by atoms with van der Waals surface area (Å²) in [6.07, 6.45) is -1.34. The van der Waals surface area contributed by atoms with Crippen LogP contribution in [0, 0.1) is 0 Å². The smallest absolute Gasteiger partial charge is 0.187 e. The summed E-state index contributed by atoms with van der Waals surface area (Å²) in [7, 11) is 0. The first kappa shape index (κ1) is 32.5. The quantitative estimate of drug-likeness (QED) is 0.169. The average Bonchev–Trinajstić information content (AvgIpc) is 2.87. The summed E-state index contributed by atoms with van der Waals surface area (Å²) < 4.78 is 22.0. The Labute approximate surface area is 223 Å². The van der Waals surface area contributed by atoms with Crippen molar-refractivity contribution in [3.8, 4) is 0 Å². The van der Waals surface area contributed by atoms with Gasteiger partial charge >= 0.3 is 0 Å². The van der Waals surface area contributed by atoms with Gasteiger partial charge in [0.1, 0.15) is 48.8 Å². The molecule has 0 bridgehead atoms. The number of rotatable bonds is 11. The average molecular weight is 543 g/mol. The SMILES string of the molecule is CC(C)=C/C=C/C(C)=C/C=C/C(C)=C/COC1O[C@H](CO)[C@@H](OC2O[C@H](CO)[C@@H](O)[C@H](O)[C@H]2O)[C@H](O)[C@H]1O. The molecule has 2 aliphatic rings. The number of ether oxygens (including phenoxy) is 4. The highest BCUT2D eigenvalue weighted by atomic mass is 16.7. The lowest BCUT2D eigenvalue weighted by Gasteiger charge is -2.45. The van der Waals surface area contributed by atoms with Crippen LogP contribution in [0.3, 0.4) is 0 Å². The standard InChI is InChI=1S/C27H42O11/c1-15(2)7-5-8-16(3)9-6-10-17(4)11-12-35-26-24(34)22(32)25(19(14-29)37-26)38-27-23(33)21(31)20(30)18(13-28)36-27/h5-11,18-34H,12-14H2,1-4H3/b8-5+,10-6+,16-9+,17-11+/t18-,19-,20-,21+,22-,23-,24-,25-,26?,27?/m1/s1. The zero-order chi connectivity index (χ0) is 28.4. The second-order valence-corrected chi connectivity index (χ2v) is 9.66. The highest BCUT2D eigenvalue weighted by Crippen LogP contribution is 2.29. The van der Waals surface area contributed by atoms with Crippen LogP contribution in [0.5, 0.6) is 0 Å². The number of aliphatic hydroxyl groups excluding tert-OH is 7. The second kappa shape index (κ2) is 15.8. The molecule has 2 fully saturated rings. The lowest BCUT2D eigenvalue weighted by molar-refractivity contribution is -0.358. The van der Waals surface area contributed by atoms with Gasteiger partial charge in [-0.3, -0.25) is 0 Å². The molecule has 11 nitrogen and oxygen atoms in total. The molecule has 0 saturated carbocycles. The molecule has 2 aliphatic heterocycles. The number of hydrogen-bond donors (Lipinski definition) is 7. The molecule has 0 aliphatic carbocycles. The van der Waals surface area contributed by atoms with E-state index in [2.05, 4.69) is 0 Å². The van der Waals surface area contributed by atoms with Crippen molar-refractivity contribution in [1.82, 2.24) is 0 Å². The van der Waals surface area contributed by atoms with E-state index in [1.807, 2.05) is 64.2 Å². The van der Waals surface area contributed by atoms with Crippen LogP contribution in [0.1, 0.15) is 27.7 Å². The van der Waals surface area contributed by atoms with E-state index >= 15 is 0 Å². The van der Waals surface area contributed by atoms with Gasteiger partial charge in [0.2, 0.25) is 0 Å². The molecule has 2 rings (SSSR count). The van der Waals surface area contributed by atoms with Crippen molar-refractivity contribution in [2.45, 2.75) is 89.1 Å². The molecule has 0 radical (unpaired) electrons. The highest BCUT2D eigenvalue weighted by Gasteiger charge is 2.50. The third-order valence-corrected chi connectivity index (χ3v) is 6.13. The summed E-state index contributed by atoms with van der Waals surface area (Å²) >= 11 is 0. The van der Waals surface area contributed by atoms with Crippen molar-refractivity contribution in [3.63, 3.8) is 0 Å². The third kappa shape index (κ3) is 9.18. The van der Waals surface area contributed by atoms with Gasteiger partial charge in [-0.05, 0) is 27.7 Å². The predicted octanol–water partition coefficient (Wildman–Crippen LogP) is -0.402. The van der Waals surface area contributed by atoms with Gasteiger partial charge in [-0.1, -0.05) is 59.3 Å². The number of allylic oxidation sites excluding steroid dienone is 9. The fourth-order valence-electron chi connectivity index (χ4n) is 3.84. The minimum atomic E-state index is -1.72. The van der Waals surface area contributed by atoms with E-state index in [-0.39, 0.29) is 6.61 Å². The molecule has 11 heteroatoms. The second-order valence-electron chi connectivity index (χ2n) is 9.66. The lowest BCUT2D eigenvalue weighted by Crippen LogP contribution is -2.64. The molecule has 0 amide bonds. The highest BCUT2D eigenvalue weighted by molar-refractivity contribution is 5.28. The van der Waals surface area contributed by atoms with Gasteiger partial charge in [0.25, 0.3) is 0 Å². The van der Waals surface area contributed by atoms with Crippen molar-refractivity contribution < 1.29 is 54.7 Å². The summed E-state index contributed by atoms with van der Waals surface area (Å²) in [6.45, 7) is 6.66. The zero-order valence-corrected chi connectivity index (χ0v) is 22.2. The first-order chi connectivity index (χ1) is 18.0. The van der Waals surface area contributed by atoms with Gasteiger partial charge in [-0.15, -0.1) is 0 Å². The van der Waals surface area contributed by atoms with E-state index in [0.717, 1.165) is 11.1 Å². The van der Waals surface area contributed by atoms with Crippen LogP contribution in [0.15, 0.2) is 59.3 Å². The Bertz CT molecular complexity index is 872. The molecule has 7 N–H and O–H groups in total. The maximum Gasteiger partial charge on any atom is 0.187 e. The molecule has 0 aromatic heterocycles. The molecular weight excluding hydrogens is 500 g/mol. The molecular formula is C27H42O11. The van der Waals surface area contributed by atoms with Crippen molar-refractivity contribution in [1.29, 1.82) is 0 Å². The van der Waals surface area contributed by atoms with Crippen molar-refractivity contribution >= 4 is 0 Å². The summed E-state index contributed by atoms with van der Waals surface area (Å²) in [5.74, 6) is 0. The Balaban J connectivity index is 1.95. The molecule has 10 atom stereocenters. The van der Waals surface area contributed by atoms with E-state index in [9.17, 15) is 35.7 Å². The minimum Gasteiger partial charge on any atom is -0.394 e. The normalized spacial score (nSPS) is 37.2. The molecule has 2 saturated heterocycles. The Morgan fingerprint density at radius 3 is 1.89 bits per heavy atom. The van der Waals surface area contributed by atoms with E-state index in [4.69, 9.17) is 18.9 Å². The van der Waals surface area contributed by atoms with Crippen LogP contribution in [0.2, 0.25) is 0 Å². The van der Waals surface area contributed by atoms with E-state index < -0.39 is 74.6 Å². The first-order valence-electron chi connectivity index (χ1n) is 12.5. The molecule has 216 valence electrons. The van der Waals surface area contributed by atoms with Gasteiger partial charge < -0.3 is 54.7 Å². The fraction of sp³-hybridized carbons (Fsp3) is 0.630. The lowest BCUT2D eigenvalue weighted by atomic mass is 9.97. The maximum atomic E-state index is 10.6. The van der Waals surface area contributed by atoms with Crippen molar-refractivity contribution in [2.75, 3.05) is 19.8 Å². The summed E-state index contributed by atoms with van der Waals surface area (Å²) in [6, 6.07) is 0. The Kier molecular flexibility index (Phi) is 13.5. The van der Waals surface area contributed by atoms with Crippen molar-refractivity contribution in [2.24, 2.45) is 0 Å². The Morgan fingerprint density at radius 1 is 0.684 bits per heavy atom. The van der Waals surface area contributed by atoms with Crippen LogP contribution in [0.4, 0.5) is 0 Å². The summed E-state index contributed by atoms with van der Waals surface area (Å²) in [5, 5.41) is 70.4. The minimum absolute atomic E-state index is 0.0458. The predicted molar refractivity (Wildman–Crippen MR) is 138 cm³/mol. The molecule has 2 heterocycles. The molecule has 38 heavy (non-hydrogen) atoms. The number of hydrogen-bond acceptors (Lipinski definition) is 11.